The van der Waals surface area contributed by atoms with Gasteiger partial charge in [-0.1, -0.05) is 87.0 Å². The van der Waals surface area contributed by atoms with E-state index in [1.165, 1.54) is 29.2 Å². The van der Waals surface area contributed by atoms with Crippen LogP contribution in [-0.4, -0.2) is 63.0 Å². The molecule has 1 heterocycles. The summed E-state index contributed by atoms with van der Waals surface area (Å²) < 4.78 is 49.3. The van der Waals surface area contributed by atoms with Crippen LogP contribution in [0.4, 0.5) is 13.2 Å². The third-order valence-corrected chi connectivity index (χ3v) is 14.7. The van der Waals surface area contributed by atoms with Gasteiger partial charge in [0.05, 0.1) is 23.7 Å². The van der Waals surface area contributed by atoms with Crippen molar-refractivity contribution < 1.29 is 47.2 Å². The second kappa shape index (κ2) is 15.0. The third-order valence-electron chi connectivity index (χ3n) is 14.7. The van der Waals surface area contributed by atoms with Crippen molar-refractivity contribution in [3.05, 3.63) is 112 Å². The lowest BCUT2D eigenvalue weighted by molar-refractivity contribution is -0.274. The van der Waals surface area contributed by atoms with Crippen molar-refractivity contribution in [3.8, 4) is 5.75 Å². The Morgan fingerprint density at radius 3 is 2.28 bits per heavy atom. The Balaban J connectivity index is 1.31. The highest BCUT2D eigenvalue weighted by molar-refractivity contribution is 6.10. The fourth-order valence-corrected chi connectivity index (χ4v) is 10.5. The van der Waals surface area contributed by atoms with Crippen LogP contribution in [0.2, 0.25) is 0 Å². The first kappa shape index (κ1) is 41.7. The zero-order chi connectivity index (χ0) is 41.9. The predicted octanol–water partition coefficient (Wildman–Crippen LogP) is 9.01. The number of ketones is 1. The number of carbonyl (C=O) groups excluding carboxylic acids is 3. The van der Waals surface area contributed by atoms with Crippen LogP contribution in [0.1, 0.15) is 125 Å². The maximum atomic E-state index is 15.2. The maximum absolute atomic E-state index is 15.2. The highest BCUT2D eigenvalue weighted by atomic mass is 19.4. The summed E-state index contributed by atoms with van der Waals surface area (Å²) in [7, 11) is 0. The minimum atomic E-state index is -4.87. The van der Waals surface area contributed by atoms with E-state index in [2.05, 4.69) is 10.8 Å². The molecule has 0 spiro atoms. The van der Waals surface area contributed by atoms with E-state index in [0.717, 1.165) is 16.7 Å². The van der Waals surface area contributed by atoms with E-state index in [1.807, 2.05) is 71.0 Å². The van der Waals surface area contributed by atoms with E-state index >= 15 is 4.79 Å². The Hall–Kier alpha value is -4.48. The van der Waals surface area contributed by atoms with Gasteiger partial charge in [0.25, 0.3) is 5.91 Å². The number of benzene rings is 3. The van der Waals surface area contributed by atoms with Crippen LogP contribution in [0.15, 0.2) is 84.4 Å². The average molecular weight is 802 g/mol. The van der Waals surface area contributed by atoms with Crippen LogP contribution in [0.25, 0.3) is 0 Å². The van der Waals surface area contributed by atoms with Gasteiger partial charge in [0.1, 0.15) is 5.75 Å². The highest BCUT2D eigenvalue weighted by Crippen LogP contribution is 2.66. The minimum absolute atomic E-state index is 0.0753. The molecule has 5 aliphatic rings. The summed E-state index contributed by atoms with van der Waals surface area (Å²) in [5.74, 6) is -1.78. The molecule has 6 unspecified atom stereocenters. The monoisotopic (exact) mass is 801 g/mol. The Morgan fingerprint density at radius 1 is 0.931 bits per heavy atom. The maximum Gasteiger partial charge on any atom is 0.573 e. The van der Waals surface area contributed by atoms with Crippen LogP contribution >= 0.6 is 0 Å². The number of esters is 1. The van der Waals surface area contributed by atoms with Gasteiger partial charge in [-0.25, -0.2) is 0 Å². The number of aliphatic hydroxyl groups excluding tert-OH is 1. The molecule has 1 aliphatic heterocycles. The number of halogens is 3. The average Bonchev–Trinajstić information content (AvgIpc) is 3.61. The predicted molar refractivity (Wildman–Crippen MR) is 212 cm³/mol. The van der Waals surface area contributed by atoms with Gasteiger partial charge >= 0.3 is 12.3 Å². The molecule has 1 saturated heterocycles. The first-order valence-electron chi connectivity index (χ1n) is 20.4. The lowest BCUT2D eigenvalue weighted by atomic mass is 9.64. The van der Waals surface area contributed by atoms with Crippen molar-refractivity contribution in [3.63, 3.8) is 0 Å². The second-order valence-electron chi connectivity index (χ2n) is 18.2. The number of alkyl halides is 3. The fourth-order valence-electron chi connectivity index (χ4n) is 10.5. The molecule has 3 fully saturated rings. The molecule has 0 aromatic heterocycles. The summed E-state index contributed by atoms with van der Waals surface area (Å²) in [6, 6.07) is 20.2. The molecule has 2 saturated carbocycles. The molecule has 8 nitrogen and oxygen atoms in total. The van der Waals surface area contributed by atoms with Crippen LogP contribution in [-0.2, 0) is 27.3 Å². The van der Waals surface area contributed by atoms with E-state index in [-0.39, 0.29) is 31.2 Å². The number of hydrogen-bond donors (Lipinski definition) is 2. The minimum Gasteiger partial charge on any atom is -0.448 e. The van der Waals surface area contributed by atoms with Crippen LogP contribution < -0.4 is 4.74 Å². The van der Waals surface area contributed by atoms with Gasteiger partial charge in [-0.05, 0) is 112 Å². The van der Waals surface area contributed by atoms with E-state index in [9.17, 15) is 33.0 Å². The van der Waals surface area contributed by atoms with Crippen molar-refractivity contribution in [2.75, 3.05) is 6.54 Å². The van der Waals surface area contributed by atoms with Crippen molar-refractivity contribution in [2.24, 2.45) is 16.2 Å². The molecule has 310 valence electrons. The van der Waals surface area contributed by atoms with Gasteiger partial charge in [-0.3, -0.25) is 14.4 Å². The number of ether oxygens (including phenoxy) is 2. The first-order chi connectivity index (χ1) is 27.2. The lowest BCUT2D eigenvalue weighted by Crippen LogP contribution is -2.60. The molecule has 58 heavy (non-hydrogen) atoms. The van der Waals surface area contributed by atoms with Gasteiger partial charge in [0.15, 0.2) is 11.4 Å². The molecule has 1 amide bonds. The fraction of sp³-hybridized carbons (Fsp3) is 0.511. The number of aliphatic hydroxyl groups is 2. The smallest absolute Gasteiger partial charge is 0.448 e. The SMILES string of the molecule is CC1=CCCC2(C)C(CCC2(O)CN(Cc2ccc(OC(F)(F)F)cc2)C(=O)C23CCC(C)(C(=O)O2)C3(C)C)c2ccc(cc2C(=O)c2ccccc2)CC(O)CC1. The molecular weight excluding hydrogens is 748 g/mol. The number of amides is 1. The summed E-state index contributed by atoms with van der Waals surface area (Å²) in [6.07, 6.45) is 0.934. The molecule has 2 N–H and O–H groups in total. The summed E-state index contributed by atoms with van der Waals surface area (Å²) >= 11 is 0. The Bertz CT molecular complexity index is 2100. The summed E-state index contributed by atoms with van der Waals surface area (Å²) in [5.41, 5.74) is -1.42. The van der Waals surface area contributed by atoms with Crippen molar-refractivity contribution in [2.45, 2.75) is 129 Å². The van der Waals surface area contributed by atoms with E-state index in [0.29, 0.717) is 68.1 Å². The van der Waals surface area contributed by atoms with E-state index < -0.39 is 57.5 Å². The zero-order valence-electron chi connectivity index (χ0n) is 34.0. The summed E-state index contributed by atoms with van der Waals surface area (Å²) in [6.45, 7) is 9.40. The van der Waals surface area contributed by atoms with Gasteiger partial charge < -0.3 is 24.6 Å². The highest BCUT2D eigenvalue weighted by Gasteiger charge is 2.76. The first-order valence-corrected chi connectivity index (χ1v) is 20.4. The van der Waals surface area contributed by atoms with Crippen LogP contribution in [0, 0.1) is 16.2 Å². The molecule has 3 aromatic rings. The standard InChI is InChI=1S/C47H54F3NO7/c1-30-10-9-22-43(4)38(36-20-16-32(26-34(52)17-13-30)27-37(36)39(53)33-11-7-6-8-12-33)21-23-45(43,56)29-51(28-31-14-18-35(19-15-31)57-47(48,49)50)40(54)46-25-24-44(5,41(55)58-46)42(46,2)3/h6-8,10-12,14-16,18-20,27,34,38,52,56H,9,13,17,21-26,28-29H2,1-5H3. The van der Waals surface area contributed by atoms with Crippen molar-refractivity contribution in [1.82, 2.24) is 4.90 Å². The molecule has 6 atom stereocenters. The number of fused-ring (bicyclic) bond motifs is 10. The van der Waals surface area contributed by atoms with Crippen LogP contribution in [0.3, 0.4) is 0 Å². The molecule has 0 radical (unpaired) electrons. The second-order valence-corrected chi connectivity index (χ2v) is 18.2. The Labute approximate surface area is 338 Å². The lowest BCUT2D eigenvalue weighted by Gasteiger charge is -2.47. The topological polar surface area (TPSA) is 113 Å². The zero-order valence-corrected chi connectivity index (χ0v) is 34.0. The number of hydrogen-bond acceptors (Lipinski definition) is 7. The molecule has 11 heteroatoms. The van der Waals surface area contributed by atoms with E-state index in [4.69, 9.17) is 4.74 Å². The number of carbonyl (C=O) groups is 3. The number of nitrogens with zero attached hydrogens (tertiary/aromatic N) is 1. The third kappa shape index (κ3) is 7.16. The van der Waals surface area contributed by atoms with Gasteiger partial charge in [0.2, 0.25) is 0 Å². The van der Waals surface area contributed by atoms with Gasteiger partial charge in [-0.2, -0.15) is 0 Å². The summed E-state index contributed by atoms with van der Waals surface area (Å²) in [5, 5.41) is 24.3. The molecule has 3 aromatic carbocycles. The Morgan fingerprint density at radius 2 is 1.64 bits per heavy atom. The van der Waals surface area contributed by atoms with Crippen molar-refractivity contribution >= 4 is 17.7 Å². The van der Waals surface area contributed by atoms with Gasteiger partial charge in [0, 0.05) is 28.5 Å². The molecule has 4 aliphatic carbocycles. The largest absolute Gasteiger partial charge is 0.573 e. The van der Waals surface area contributed by atoms with Gasteiger partial charge in [-0.15, -0.1) is 13.2 Å². The van der Waals surface area contributed by atoms with Crippen molar-refractivity contribution in [1.29, 1.82) is 0 Å². The summed E-state index contributed by atoms with van der Waals surface area (Å²) in [4.78, 5) is 44.5. The molecule has 8 rings (SSSR count). The normalized spacial score (nSPS) is 30.6. The number of allylic oxidation sites excluding steroid dienone is 2. The Kier molecular flexibility index (Phi) is 10.8. The number of rotatable bonds is 8. The van der Waals surface area contributed by atoms with Crippen LogP contribution in [0.5, 0.6) is 5.75 Å². The molecule has 4 bridgehead atoms. The quantitative estimate of drug-likeness (QED) is 0.133. The molecular formula is C47H54F3NO7. The van der Waals surface area contributed by atoms with E-state index in [1.54, 1.807) is 12.1 Å².